The summed E-state index contributed by atoms with van der Waals surface area (Å²) in [4.78, 5) is 8.60. The van der Waals surface area contributed by atoms with Crippen LogP contribution in [0, 0.1) is 0 Å². The van der Waals surface area contributed by atoms with Crippen LogP contribution in [-0.2, 0) is 10.8 Å². The van der Waals surface area contributed by atoms with E-state index >= 15 is 0 Å². The van der Waals surface area contributed by atoms with Crippen molar-refractivity contribution in [2.75, 3.05) is 0 Å². The Morgan fingerprint density at radius 1 is 0.679 bits per heavy atom. The standard InChI is InChI=1S/C22H16N2O3S/c25-28(21-11-7-17(15-23-21)5-9-19-3-1-13-26-19)22-12-8-18(16-24-22)6-10-20-4-2-14-27-20/h1-16H/b9-5+,10-6+. The van der Waals surface area contributed by atoms with Crippen molar-refractivity contribution in [1.82, 2.24) is 9.97 Å². The average molecular weight is 388 g/mol. The van der Waals surface area contributed by atoms with Gasteiger partial charge in [-0.1, -0.05) is 12.1 Å². The number of pyridine rings is 2. The molecule has 4 aromatic heterocycles. The topological polar surface area (TPSA) is 69.1 Å². The van der Waals surface area contributed by atoms with Crippen LogP contribution in [0.4, 0.5) is 0 Å². The molecule has 0 saturated carbocycles. The largest absolute Gasteiger partial charge is 0.465 e. The molecule has 0 atom stereocenters. The van der Waals surface area contributed by atoms with Crippen molar-refractivity contribution >= 4 is 35.1 Å². The fraction of sp³-hybridized carbons (Fsp3) is 0. The lowest BCUT2D eigenvalue weighted by Crippen LogP contribution is -1.98. The van der Waals surface area contributed by atoms with Crippen molar-refractivity contribution in [1.29, 1.82) is 0 Å². The Morgan fingerprint density at radius 3 is 1.54 bits per heavy atom. The van der Waals surface area contributed by atoms with E-state index in [9.17, 15) is 4.21 Å². The SMILES string of the molecule is O=S(c1ccc(/C=C/c2ccco2)cn1)c1ccc(/C=C/c2ccco2)cn1. The Balaban J connectivity index is 1.43. The van der Waals surface area contributed by atoms with Crippen molar-refractivity contribution in [2.45, 2.75) is 10.1 Å². The minimum absolute atomic E-state index is 0.460. The zero-order valence-corrected chi connectivity index (χ0v) is 15.6. The van der Waals surface area contributed by atoms with E-state index in [2.05, 4.69) is 9.97 Å². The lowest BCUT2D eigenvalue weighted by Gasteiger charge is -2.02. The Morgan fingerprint density at radius 2 is 1.18 bits per heavy atom. The molecule has 0 unspecified atom stereocenters. The molecule has 0 bridgehead atoms. The minimum atomic E-state index is -1.44. The van der Waals surface area contributed by atoms with Crippen LogP contribution in [0.15, 0.2) is 92.3 Å². The van der Waals surface area contributed by atoms with Crippen LogP contribution < -0.4 is 0 Å². The molecule has 4 heterocycles. The second-order valence-electron chi connectivity index (χ2n) is 5.83. The summed E-state index contributed by atoms with van der Waals surface area (Å²) in [6, 6.07) is 14.6. The molecule has 0 fully saturated rings. The fourth-order valence-electron chi connectivity index (χ4n) is 2.44. The number of hydrogen-bond donors (Lipinski definition) is 0. The van der Waals surface area contributed by atoms with E-state index in [-0.39, 0.29) is 0 Å². The zero-order valence-electron chi connectivity index (χ0n) is 14.8. The van der Waals surface area contributed by atoms with Gasteiger partial charge < -0.3 is 8.83 Å². The second kappa shape index (κ2) is 8.45. The third-order valence-corrected chi connectivity index (χ3v) is 5.11. The van der Waals surface area contributed by atoms with Gasteiger partial charge in [0.1, 0.15) is 32.4 Å². The first kappa shape index (κ1) is 17.9. The Kier molecular flexibility index (Phi) is 5.40. The van der Waals surface area contributed by atoms with E-state index in [4.69, 9.17) is 8.83 Å². The fourth-order valence-corrected chi connectivity index (χ4v) is 3.33. The van der Waals surface area contributed by atoms with Gasteiger partial charge in [-0.15, -0.1) is 0 Å². The smallest absolute Gasteiger partial charge is 0.133 e. The van der Waals surface area contributed by atoms with Crippen LogP contribution in [0.3, 0.4) is 0 Å². The molecule has 0 N–H and O–H groups in total. The Bertz CT molecular complexity index is 1010. The lowest BCUT2D eigenvalue weighted by atomic mass is 10.2. The lowest BCUT2D eigenvalue weighted by molar-refractivity contribution is 0.557. The van der Waals surface area contributed by atoms with Crippen LogP contribution in [0.5, 0.6) is 0 Å². The van der Waals surface area contributed by atoms with Crippen LogP contribution >= 0.6 is 0 Å². The highest BCUT2D eigenvalue weighted by Crippen LogP contribution is 2.16. The average Bonchev–Trinajstić information content (AvgIpc) is 3.45. The van der Waals surface area contributed by atoms with Crippen LogP contribution in [0.25, 0.3) is 24.3 Å². The van der Waals surface area contributed by atoms with Gasteiger partial charge in [-0.25, -0.2) is 14.2 Å². The molecule has 6 heteroatoms. The molecule has 0 spiro atoms. The molecule has 138 valence electrons. The van der Waals surface area contributed by atoms with Gasteiger partial charge in [-0.05, 0) is 71.8 Å². The minimum Gasteiger partial charge on any atom is -0.465 e. The first-order valence-corrected chi connectivity index (χ1v) is 9.70. The molecule has 0 aliphatic heterocycles. The van der Waals surface area contributed by atoms with E-state index in [1.54, 1.807) is 37.1 Å². The van der Waals surface area contributed by atoms with Gasteiger partial charge in [0.05, 0.1) is 12.5 Å². The van der Waals surface area contributed by atoms with Crippen molar-refractivity contribution in [3.63, 3.8) is 0 Å². The van der Waals surface area contributed by atoms with E-state index < -0.39 is 10.8 Å². The van der Waals surface area contributed by atoms with Gasteiger partial charge in [0.25, 0.3) is 0 Å². The second-order valence-corrected chi connectivity index (χ2v) is 7.20. The zero-order chi connectivity index (χ0) is 19.2. The Labute approximate surface area is 164 Å². The molecule has 0 aromatic carbocycles. The Hall–Kier alpha value is -3.51. The molecule has 0 radical (unpaired) electrons. The van der Waals surface area contributed by atoms with Crippen LogP contribution in [-0.4, -0.2) is 14.2 Å². The molecule has 0 amide bonds. The van der Waals surface area contributed by atoms with E-state index in [0.29, 0.717) is 10.1 Å². The van der Waals surface area contributed by atoms with Crippen LogP contribution in [0.1, 0.15) is 22.6 Å². The van der Waals surface area contributed by atoms with Crippen LogP contribution in [0.2, 0.25) is 0 Å². The highest BCUT2D eigenvalue weighted by molar-refractivity contribution is 7.84. The quantitative estimate of drug-likeness (QED) is 0.456. The number of furan rings is 2. The van der Waals surface area contributed by atoms with Crippen molar-refractivity contribution in [3.05, 3.63) is 96.1 Å². The molecule has 4 rings (SSSR count). The maximum atomic E-state index is 12.7. The molecule has 5 nitrogen and oxygen atoms in total. The first-order valence-electron chi connectivity index (χ1n) is 8.55. The first-order chi connectivity index (χ1) is 13.8. The molecule has 0 aliphatic carbocycles. The highest BCUT2D eigenvalue weighted by atomic mass is 32.2. The monoisotopic (exact) mass is 388 g/mol. The van der Waals surface area contributed by atoms with E-state index in [1.165, 1.54) is 0 Å². The number of hydrogen-bond acceptors (Lipinski definition) is 5. The van der Waals surface area contributed by atoms with Gasteiger partial charge in [0.2, 0.25) is 0 Å². The normalized spacial score (nSPS) is 11.8. The summed E-state index contributed by atoms with van der Waals surface area (Å²) < 4.78 is 23.2. The molecule has 28 heavy (non-hydrogen) atoms. The number of nitrogens with zero attached hydrogens (tertiary/aromatic N) is 2. The van der Waals surface area contributed by atoms with Gasteiger partial charge in [-0.2, -0.15) is 0 Å². The number of rotatable bonds is 6. The molecular formula is C22H16N2O3S. The maximum absolute atomic E-state index is 12.7. The van der Waals surface area contributed by atoms with Crippen molar-refractivity contribution in [3.8, 4) is 0 Å². The molecule has 0 aliphatic rings. The van der Waals surface area contributed by atoms with Gasteiger partial charge in [-0.3, -0.25) is 0 Å². The third-order valence-electron chi connectivity index (χ3n) is 3.86. The summed E-state index contributed by atoms with van der Waals surface area (Å²) in [5, 5.41) is 0.919. The van der Waals surface area contributed by atoms with E-state index in [1.807, 2.05) is 60.7 Å². The molecule has 0 saturated heterocycles. The maximum Gasteiger partial charge on any atom is 0.133 e. The molecule has 4 aromatic rings. The summed E-state index contributed by atoms with van der Waals surface area (Å²) in [5.41, 5.74) is 1.78. The predicted molar refractivity (Wildman–Crippen MR) is 108 cm³/mol. The van der Waals surface area contributed by atoms with Crippen molar-refractivity contribution < 1.29 is 13.0 Å². The van der Waals surface area contributed by atoms with Gasteiger partial charge in [0.15, 0.2) is 0 Å². The predicted octanol–water partition coefficient (Wildman–Crippen LogP) is 5.17. The number of aromatic nitrogens is 2. The summed E-state index contributed by atoms with van der Waals surface area (Å²) in [5.74, 6) is 1.52. The molecular weight excluding hydrogens is 372 g/mol. The summed E-state index contributed by atoms with van der Waals surface area (Å²) in [6.45, 7) is 0. The van der Waals surface area contributed by atoms with Gasteiger partial charge >= 0.3 is 0 Å². The summed E-state index contributed by atoms with van der Waals surface area (Å²) in [7, 11) is -1.44. The van der Waals surface area contributed by atoms with Crippen molar-refractivity contribution in [2.24, 2.45) is 0 Å². The van der Waals surface area contributed by atoms with E-state index in [0.717, 1.165) is 22.6 Å². The van der Waals surface area contributed by atoms with Gasteiger partial charge in [0, 0.05) is 12.4 Å². The summed E-state index contributed by atoms with van der Waals surface area (Å²) >= 11 is 0. The third kappa shape index (κ3) is 4.42. The highest BCUT2D eigenvalue weighted by Gasteiger charge is 2.09. The summed E-state index contributed by atoms with van der Waals surface area (Å²) in [6.07, 6.45) is 14.1.